The summed E-state index contributed by atoms with van der Waals surface area (Å²) in [6.45, 7) is 8.38. The molecule has 0 saturated heterocycles. The summed E-state index contributed by atoms with van der Waals surface area (Å²) >= 11 is 1.64. The van der Waals surface area contributed by atoms with Gasteiger partial charge in [-0.05, 0) is 50.5 Å². The van der Waals surface area contributed by atoms with Gasteiger partial charge in [0.1, 0.15) is 5.01 Å². The van der Waals surface area contributed by atoms with E-state index in [0.717, 1.165) is 10.7 Å². The molecule has 90 valence electrons. The van der Waals surface area contributed by atoms with Gasteiger partial charge in [0.2, 0.25) is 0 Å². The lowest BCUT2D eigenvalue weighted by molar-refractivity contribution is 0.808. The molecule has 0 saturated carbocycles. The van der Waals surface area contributed by atoms with Crippen molar-refractivity contribution in [3.05, 3.63) is 39.2 Å². The second-order valence-corrected chi connectivity index (χ2v) is 5.50. The summed E-state index contributed by atoms with van der Waals surface area (Å²) in [5.41, 5.74) is 12.0. The van der Waals surface area contributed by atoms with E-state index in [9.17, 15) is 0 Å². The predicted octanol–water partition coefficient (Wildman–Crippen LogP) is 3.76. The molecule has 1 unspecified atom stereocenters. The summed E-state index contributed by atoms with van der Waals surface area (Å²) in [5.74, 6) is 0. The fourth-order valence-corrected chi connectivity index (χ4v) is 2.63. The van der Waals surface area contributed by atoms with Crippen LogP contribution in [0.1, 0.15) is 34.7 Å². The first kappa shape index (κ1) is 12.3. The van der Waals surface area contributed by atoms with E-state index in [2.05, 4.69) is 43.3 Å². The third kappa shape index (κ3) is 2.40. The molecule has 2 nitrogen and oxygen atoms in total. The van der Waals surface area contributed by atoms with E-state index in [1.165, 1.54) is 22.3 Å². The number of benzene rings is 1. The van der Waals surface area contributed by atoms with Crippen LogP contribution >= 0.6 is 11.3 Å². The Kier molecular flexibility index (Phi) is 3.31. The Morgan fingerprint density at radius 2 is 1.76 bits per heavy atom. The summed E-state index contributed by atoms with van der Waals surface area (Å²) < 4.78 is 0. The van der Waals surface area contributed by atoms with Crippen molar-refractivity contribution >= 4 is 11.3 Å². The van der Waals surface area contributed by atoms with Crippen LogP contribution in [0.3, 0.4) is 0 Å². The number of aryl methyl sites for hydroxylation is 3. The Labute approximate surface area is 107 Å². The van der Waals surface area contributed by atoms with E-state index in [1.54, 1.807) is 11.3 Å². The number of thiazole rings is 1. The smallest absolute Gasteiger partial charge is 0.110 e. The second-order valence-electron chi connectivity index (χ2n) is 4.61. The average Bonchev–Trinajstić information content (AvgIpc) is 2.72. The average molecular weight is 246 g/mol. The molecule has 1 heterocycles. The molecule has 1 aromatic heterocycles. The Morgan fingerprint density at radius 3 is 2.35 bits per heavy atom. The Hall–Kier alpha value is -1.19. The van der Waals surface area contributed by atoms with Crippen LogP contribution in [-0.2, 0) is 0 Å². The third-order valence-corrected chi connectivity index (χ3v) is 4.07. The molecule has 0 aliphatic heterocycles. The number of hydrogen-bond acceptors (Lipinski definition) is 3. The summed E-state index contributed by atoms with van der Waals surface area (Å²) in [5, 5.41) is 3.09. The third-order valence-electron chi connectivity index (χ3n) is 3.03. The Bertz CT molecular complexity index is 541. The zero-order chi connectivity index (χ0) is 12.6. The zero-order valence-electron chi connectivity index (χ0n) is 10.7. The van der Waals surface area contributed by atoms with Gasteiger partial charge >= 0.3 is 0 Å². The van der Waals surface area contributed by atoms with Crippen LogP contribution in [-0.4, -0.2) is 4.98 Å². The molecule has 2 rings (SSSR count). The van der Waals surface area contributed by atoms with Crippen LogP contribution in [0.5, 0.6) is 0 Å². The lowest BCUT2D eigenvalue weighted by Gasteiger charge is -2.07. The van der Waals surface area contributed by atoms with Crippen molar-refractivity contribution in [1.29, 1.82) is 0 Å². The number of nitrogens with zero attached hydrogens (tertiary/aromatic N) is 1. The van der Waals surface area contributed by atoms with Gasteiger partial charge in [0.15, 0.2) is 0 Å². The van der Waals surface area contributed by atoms with Gasteiger partial charge in [0.25, 0.3) is 0 Å². The monoisotopic (exact) mass is 246 g/mol. The first-order valence-electron chi connectivity index (χ1n) is 5.78. The van der Waals surface area contributed by atoms with Crippen molar-refractivity contribution in [3.8, 4) is 11.3 Å². The van der Waals surface area contributed by atoms with Gasteiger partial charge in [0.05, 0.1) is 11.7 Å². The highest BCUT2D eigenvalue weighted by molar-refractivity contribution is 7.10. The van der Waals surface area contributed by atoms with Gasteiger partial charge in [0, 0.05) is 10.9 Å². The molecule has 0 fully saturated rings. The molecule has 1 atom stereocenters. The number of rotatable bonds is 2. The van der Waals surface area contributed by atoms with Crippen LogP contribution in [0.2, 0.25) is 0 Å². The van der Waals surface area contributed by atoms with E-state index >= 15 is 0 Å². The predicted molar refractivity (Wildman–Crippen MR) is 74.4 cm³/mol. The van der Waals surface area contributed by atoms with Crippen LogP contribution in [0.25, 0.3) is 11.3 Å². The highest BCUT2D eigenvalue weighted by Gasteiger charge is 2.10. The largest absolute Gasteiger partial charge is 0.322 e. The van der Waals surface area contributed by atoms with Crippen molar-refractivity contribution in [1.82, 2.24) is 4.98 Å². The van der Waals surface area contributed by atoms with Crippen LogP contribution in [0.15, 0.2) is 17.5 Å². The summed E-state index contributed by atoms with van der Waals surface area (Å²) in [7, 11) is 0. The van der Waals surface area contributed by atoms with E-state index in [4.69, 9.17) is 5.73 Å². The first-order valence-corrected chi connectivity index (χ1v) is 6.66. The molecule has 0 bridgehead atoms. The van der Waals surface area contributed by atoms with Gasteiger partial charge in [-0.3, -0.25) is 0 Å². The van der Waals surface area contributed by atoms with E-state index in [1.807, 2.05) is 6.92 Å². The molecular formula is C14H18N2S. The standard InChI is InChI=1S/C14H18N2S/c1-8-5-10(3)12(6-9(8)2)13-7-17-14(16-13)11(4)15/h5-7,11H,15H2,1-4H3. The molecular weight excluding hydrogens is 228 g/mol. The van der Waals surface area contributed by atoms with Crippen molar-refractivity contribution in [3.63, 3.8) is 0 Å². The molecule has 0 radical (unpaired) electrons. The molecule has 1 aromatic carbocycles. The van der Waals surface area contributed by atoms with Gasteiger partial charge in [-0.15, -0.1) is 11.3 Å². The summed E-state index contributed by atoms with van der Waals surface area (Å²) in [6, 6.07) is 4.45. The zero-order valence-corrected chi connectivity index (χ0v) is 11.6. The lowest BCUT2D eigenvalue weighted by Crippen LogP contribution is -2.04. The van der Waals surface area contributed by atoms with Crippen molar-refractivity contribution in [2.75, 3.05) is 0 Å². The minimum absolute atomic E-state index is 0.0144. The molecule has 0 spiro atoms. The van der Waals surface area contributed by atoms with Crippen LogP contribution in [0.4, 0.5) is 0 Å². The Balaban J connectivity index is 2.49. The number of hydrogen-bond donors (Lipinski definition) is 1. The molecule has 2 aromatic rings. The maximum absolute atomic E-state index is 5.85. The van der Waals surface area contributed by atoms with Crippen LogP contribution in [0, 0.1) is 20.8 Å². The molecule has 0 aliphatic carbocycles. The van der Waals surface area contributed by atoms with Gasteiger partial charge < -0.3 is 5.73 Å². The minimum Gasteiger partial charge on any atom is -0.322 e. The normalized spacial score (nSPS) is 12.8. The van der Waals surface area contributed by atoms with Crippen molar-refractivity contribution < 1.29 is 0 Å². The van der Waals surface area contributed by atoms with Crippen molar-refractivity contribution in [2.24, 2.45) is 5.73 Å². The topological polar surface area (TPSA) is 38.9 Å². The molecule has 2 N–H and O–H groups in total. The molecule has 0 amide bonds. The maximum Gasteiger partial charge on any atom is 0.110 e. The second kappa shape index (κ2) is 4.59. The first-order chi connectivity index (χ1) is 7.99. The molecule has 3 heteroatoms. The number of aromatic nitrogens is 1. The van der Waals surface area contributed by atoms with Crippen molar-refractivity contribution in [2.45, 2.75) is 33.7 Å². The fourth-order valence-electron chi connectivity index (χ4n) is 1.86. The van der Waals surface area contributed by atoms with Gasteiger partial charge in [-0.1, -0.05) is 6.07 Å². The SMILES string of the molecule is Cc1cc(C)c(-c2csc(C(C)N)n2)cc1C. The minimum atomic E-state index is 0.0144. The highest BCUT2D eigenvalue weighted by Crippen LogP contribution is 2.28. The van der Waals surface area contributed by atoms with E-state index in [0.29, 0.717) is 0 Å². The Morgan fingerprint density at radius 1 is 1.12 bits per heavy atom. The molecule has 0 aliphatic rings. The lowest BCUT2D eigenvalue weighted by atomic mass is 9.99. The quantitative estimate of drug-likeness (QED) is 0.876. The van der Waals surface area contributed by atoms with Gasteiger partial charge in [-0.25, -0.2) is 4.98 Å². The van der Waals surface area contributed by atoms with Crippen LogP contribution < -0.4 is 5.73 Å². The highest BCUT2D eigenvalue weighted by atomic mass is 32.1. The van der Waals surface area contributed by atoms with Gasteiger partial charge in [-0.2, -0.15) is 0 Å². The maximum atomic E-state index is 5.85. The fraction of sp³-hybridized carbons (Fsp3) is 0.357. The summed E-state index contributed by atoms with van der Waals surface area (Å²) in [4.78, 5) is 4.61. The number of nitrogens with two attached hydrogens (primary N) is 1. The molecule has 17 heavy (non-hydrogen) atoms. The summed E-state index contributed by atoms with van der Waals surface area (Å²) in [6.07, 6.45) is 0. The van der Waals surface area contributed by atoms with E-state index < -0.39 is 0 Å². The van der Waals surface area contributed by atoms with E-state index in [-0.39, 0.29) is 6.04 Å².